The molecule has 0 fully saturated rings. The second-order valence-electron chi connectivity index (χ2n) is 2.30. The van der Waals surface area contributed by atoms with Gasteiger partial charge in [0.1, 0.15) is 0 Å². The van der Waals surface area contributed by atoms with Crippen molar-refractivity contribution in [1.82, 2.24) is 15.0 Å². The first-order chi connectivity index (χ1) is 6.76. The van der Waals surface area contributed by atoms with Crippen LogP contribution < -0.4 is 4.74 Å². The lowest BCUT2D eigenvalue weighted by Crippen LogP contribution is -1.97. The van der Waals surface area contributed by atoms with Crippen LogP contribution in [0.15, 0.2) is 5.16 Å². The van der Waals surface area contributed by atoms with E-state index in [1.165, 1.54) is 18.9 Å². The SMILES string of the molecule is COc1nc(Cl)nc(SCCCO)n1. The molecule has 14 heavy (non-hydrogen) atoms. The number of nitrogens with zero attached hydrogens (tertiary/aromatic N) is 3. The Morgan fingerprint density at radius 1 is 1.43 bits per heavy atom. The highest BCUT2D eigenvalue weighted by Crippen LogP contribution is 2.17. The van der Waals surface area contributed by atoms with Crippen molar-refractivity contribution >= 4 is 23.4 Å². The Morgan fingerprint density at radius 2 is 2.21 bits per heavy atom. The standard InChI is InChI=1S/C7H10ClN3O2S/c1-13-6-9-5(8)10-7(11-6)14-4-2-3-12/h12H,2-4H2,1H3. The number of thioether (sulfide) groups is 1. The molecule has 0 bridgehead atoms. The average Bonchev–Trinajstić information content (AvgIpc) is 2.17. The highest BCUT2D eigenvalue weighted by Gasteiger charge is 2.04. The Balaban J connectivity index is 2.62. The van der Waals surface area contributed by atoms with Crippen molar-refractivity contribution < 1.29 is 9.84 Å². The molecule has 0 aliphatic heterocycles. The van der Waals surface area contributed by atoms with E-state index in [0.717, 1.165) is 5.75 Å². The van der Waals surface area contributed by atoms with Gasteiger partial charge in [-0.25, -0.2) is 0 Å². The molecular weight excluding hydrogens is 226 g/mol. The van der Waals surface area contributed by atoms with E-state index in [0.29, 0.717) is 11.6 Å². The van der Waals surface area contributed by atoms with E-state index in [4.69, 9.17) is 21.4 Å². The number of aliphatic hydroxyl groups is 1. The van der Waals surface area contributed by atoms with Crippen molar-refractivity contribution in [3.63, 3.8) is 0 Å². The Labute approximate surface area is 90.9 Å². The quantitative estimate of drug-likeness (QED) is 0.607. The summed E-state index contributed by atoms with van der Waals surface area (Å²) in [4.78, 5) is 11.6. The van der Waals surface area contributed by atoms with Gasteiger partial charge in [-0.05, 0) is 18.0 Å². The summed E-state index contributed by atoms with van der Waals surface area (Å²) in [6.45, 7) is 0.156. The molecule has 0 saturated carbocycles. The Hall–Kier alpha value is -0.590. The third kappa shape index (κ3) is 3.65. The van der Waals surface area contributed by atoms with Gasteiger partial charge in [0, 0.05) is 12.4 Å². The van der Waals surface area contributed by atoms with Crippen LogP contribution in [0.5, 0.6) is 6.01 Å². The van der Waals surface area contributed by atoms with Crippen molar-refractivity contribution in [1.29, 1.82) is 0 Å². The van der Waals surface area contributed by atoms with Gasteiger partial charge in [0.2, 0.25) is 5.28 Å². The molecule has 0 amide bonds. The van der Waals surface area contributed by atoms with Gasteiger partial charge in [-0.1, -0.05) is 11.8 Å². The van der Waals surface area contributed by atoms with Crippen molar-refractivity contribution in [2.24, 2.45) is 0 Å². The van der Waals surface area contributed by atoms with Gasteiger partial charge in [-0.15, -0.1) is 0 Å². The van der Waals surface area contributed by atoms with Crippen LogP contribution in [0.1, 0.15) is 6.42 Å². The van der Waals surface area contributed by atoms with Crippen LogP contribution in [0.4, 0.5) is 0 Å². The van der Waals surface area contributed by atoms with Gasteiger partial charge in [0.25, 0.3) is 0 Å². The molecule has 1 heterocycles. The van der Waals surface area contributed by atoms with Crippen molar-refractivity contribution in [2.75, 3.05) is 19.5 Å². The van der Waals surface area contributed by atoms with E-state index in [1.54, 1.807) is 0 Å². The fraction of sp³-hybridized carbons (Fsp3) is 0.571. The van der Waals surface area contributed by atoms with E-state index in [9.17, 15) is 0 Å². The molecule has 0 spiro atoms. The molecular formula is C7H10ClN3O2S. The van der Waals surface area contributed by atoms with E-state index in [2.05, 4.69) is 15.0 Å². The second kappa shape index (κ2) is 6.00. The first-order valence-corrected chi connectivity index (χ1v) is 5.32. The minimum absolute atomic E-state index is 0.114. The maximum atomic E-state index is 8.58. The third-order valence-electron chi connectivity index (χ3n) is 1.28. The van der Waals surface area contributed by atoms with Crippen LogP contribution in [-0.4, -0.2) is 39.5 Å². The Morgan fingerprint density at radius 3 is 2.86 bits per heavy atom. The maximum Gasteiger partial charge on any atom is 0.321 e. The Bertz CT molecular complexity index is 300. The highest BCUT2D eigenvalue weighted by molar-refractivity contribution is 7.99. The van der Waals surface area contributed by atoms with E-state index in [-0.39, 0.29) is 17.9 Å². The molecule has 0 saturated heterocycles. The predicted molar refractivity (Wildman–Crippen MR) is 53.8 cm³/mol. The van der Waals surface area contributed by atoms with E-state index < -0.39 is 0 Å². The minimum atomic E-state index is 0.114. The molecule has 1 N–H and O–H groups in total. The fourth-order valence-corrected chi connectivity index (χ4v) is 1.65. The van der Waals surface area contributed by atoms with Crippen molar-refractivity contribution in [3.05, 3.63) is 5.28 Å². The molecule has 5 nitrogen and oxygen atoms in total. The molecule has 78 valence electrons. The topological polar surface area (TPSA) is 68.1 Å². The molecule has 1 aromatic heterocycles. The molecule has 0 aliphatic rings. The zero-order chi connectivity index (χ0) is 10.4. The average molecular weight is 236 g/mol. The summed E-state index contributed by atoms with van der Waals surface area (Å²) in [5, 5.41) is 9.21. The lowest BCUT2D eigenvalue weighted by molar-refractivity contribution is 0.296. The van der Waals surface area contributed by atoms with Gasteiger partial charge in [0.15, 0.2) is 5.16 Å². The second-order valence-corrected chi connectivity index (χ2v) is 3.70. The van der Waals surface area contributed by atoms with Gasteiger partial charge in [0.05, 0.1) is 7.11 Å². The number of aliphatic hydroxyl groups excluding tert-OH is 1. The highest BCUT2D eigenvalue weighted by atomic mass is 35.5. The number of ether oxygens (including phenoxy) is 1. The van der Waals surface area contributed by atoms with Crippen molar-refractivity contribution in [2.45, 2.75) is 11.6 Å². The molecule has 0 unspecified atom stereocenters. The molecule has 0 radical (unpaired) electrons. The van der Waals surface area contributed by atoms with Crippen LogP contribution in [0.3, 0.4) is 0 Å². The molecule has 1 rings (SSSR count). The van der Waals surface area contributed by atoms with Crippen molar-refractivity contribution in [3.8, 4) is 6.01 Å². The largest absolute Gasteiger partial charge is 0.467 e. The number of rotatable bonds is 5. The van der Waals surface area contributed by atoms with Crippen LogP contribution >= 0.6 is 23.4 Å². The lowest BCUT2D eigenvalue weighted by Gasteiger charge is -2.01. The zero-order valence-corrected chi connectivity index (χ0v) is 9.18. The normalized spacial score (nSPS) is 10.2. The summed E-state index contributed by atoms with van der Waals surface area (Å²) in [7, 11) is 1.47. The zero-order valence-electron chi connectivity index (χ0n) is 7.60. The smallest absolute Gasteiger partial charge is 0.321 e. The number of hydrogen-bond acceptors (Lipinski definition) is 6. The number of hydrogen-bond donors (Lipinski definition) is 1. The van der Waals surface area contributed by atoms with E-state index in [1.807, 2.05) is 0 Å². The van der Waals surface area contributed by atoms with Crippen LogP contribution in [0.2, 0.25) is 5.28 Å². The monoisotopic (exact) mass is 235 g/mol. The number of aromatic nitrogens is 3. The number of halogens is 1. The minimum Gasteiger partial charge on any atom is -0.467 e. The van der Waals surface area contributed by atoms with Gasteiger partial charge in [-0.2, -0.15) is 15.0 Å². The lowest BCUT2D eigenvalue weighted by atomic mass is 10.5. The molecule has 7 heteroatoms. The number of methoxy groups -OCH3 is 1. The van der Waals surface area contributed by atoms with Gasteiger partial charge < -0.3 is 9.84 Å². The fourth-order valence-electron chi connectivity index (χ4n) is 0.699. The first-order valence-electron chi connectivity index (χ1n) is 3.95. The maximum absolute atomic E-state index is 8.58. The Kier molecular flexibility index (Phi) is 4.92. The van der Waals surface area contributed by atoms with Gasteiger partial charge in [-0.3, -0.25) is 0 Å². The van der Waals surface area contributed by atoms with Crippen LogP contribution in [0.25, 0.3) is 0 Å². The summed E-state index contributed by atoms with van der Waals surface area (Å²) in [6, 6.07) is 0.205. The van der Waals surface area contributed by atoms with Crippen LogP contribution in [0, 0.1) is 0 Å². The summed E-state index contributed by atoms with van der Waals surface area (Å²) in [5.74, 6) is 0.736. The summed E-state index contributed by atoms with van der Waals surface area (Å²) < 4.78 is 4.83. The van der Waals surface area contributed by atoms with E-state index >= 15 is 0 Å². The van der Waals surface area contributed by atoms with Gasteiger partial charge >= 0.3 is 6.01 Å². The predicted octanol–water partition coefficient (Wildman–Crippen LogP) is 1.01. The molecule has 0 aliphatic carbocycles. The summed E-state index contributed by atoms with van der Waals surface area (Å²) >= 11 is 7.04. The molecule has 0 aromatic carbocycles. The molecule has 0 atom stereocenters. The molecule has 1 aromatic rings. The summed E-state index contributed by atoms with van der Waals surface area (Å²) in [5.41, 5.74) is 0. The van der Waals surface area contributed by atoms with Crippen LogP contribution in [-0.2, 0) is 0 Å². The third-order valence-corrected chi connectivity index (χ3v) is 2.39. The summed E-state index contributed by atoms with van der Waals surface area (Å²) in [6.07, 6.45) is 0.691. The first kappa shape index (κ1) is 11.5.